The van der Waals surface area contributed by atoms with Crippen LogP contribution in [-0.2, 0) is 0 Å². The minimum atomic E-state index is -0.125. The van der Waals surface area contributed by atoms with Crippen LogP contribution in [0.1, 0.15) is 0 Å². The molecule has 4 aliphatic rings. The molecule has 0 saturated carbocycles. The molecule has 6 nitrogen and oxygen atoms in total. The first-order chi connectivity index (χ1) is 34.2. The van der Waals surface area contributed by atoms with E-state index < -0.39 is 0 Å². The molecule has 0 fully saturated rings. The Bertz CT molecular complexity index is 4140. The van der Waals surface area contributed by atoms with E-state index >= 15 is 0 Å². The van der Waals surface area contributed by atoms with Crippen LogP contribution in [0.25, 0.3) is 43.3 Å². The lowest BCUT2D eigenvalue weighted by atomic mass is 9.31. The van der Waals surface area contributed by atoms with Gasteiger partial charge >= 0.3 is 0 Å². The Morgan fingerprint density at radius 3 is 1.91 bits per heavy atom. The number of hydrogen-bond acceptors (Lipinski definition) is 5. The average Bonchev–Trinajstić information content (AvgIpc) is 4.14. The Labute approximate surface area is 402 Å². The van der Waals surface area contributed by atoms with Gasteiger partial charge in [-0.25, -0.2) is 0 Å². The molecule has 4 aliphatic heterocycles. The summed E-state index contributed by atoms with van der Waals surface area (Å²) < 4.78 is 20.3. The van der Waals surface area contributed by atoms with Gasteiger partial charge in [-0.1, -0.05) is 109 Å². The number of para-hydroxylation sites is 5. The van der Waals surface area contributed by atoms with Crippen molar-refractivity contribution in [1.82, 2.24) is 9.13 Å². The zero-order chi connectivity index (χ0) is 44.9. The van der Waals surface area contributed by atoms with Crippen LogP contribution in [0.5, 0.6) is 23.0 Å². The molecule has 318 valence electrons. The Morgan fingerprint density at radius 2 is 1.07 bits per heavy atom. The van der Waals surface area contributed by atoms with Gasteiger partial charge in [0.1, 0.15) is 23.0 Å². The summed E-state index contributed by atoms with van der Waals surface area (Å²) in [5, 5.41) is 4.67. The van der Waals surface area contributed by atoms with E-state index in [4.69, 9.17) is 9.47 Å². The second kappa shape index (κ2) is 13.9. The highest BCUT2D eigenvalue weighted by Gasteiger charge is 2.48. The van der Waals surface area contributed by atoms with Crippen molar-refractivity contribution in [3.8, 4) is 34.4 Å². The fourth-order valence-electron chi connectivity index (χ4n) is 11.8. The number of anilines is 6. The number of rotatable bonds is 4. The third kappa shape index (κ3) is 5.18. The average molecular weight is 897 g/mol. The molecule has 0 saturated heterocycles. The van der Waals surface area contributed by atoms with Crippen LogP contribution in [0, 0.1) is 12.3 Å². The number of fused-ring (bicyclic) bond motifs is 12. The second-order valence-electron chi connectivity index (χ2n) is 18.3. The molecular formula is C60H34B2N4O2S. The first-order valence-corrected chi connectivity index (χ1v) is 24.2. The molecule has 16 rings (SSSR count). The molecule has 0 N–H and O–H groups in total. The van der Waals surface area contributed by atoms with Gasteiger partial charge in [0.05, 0.1) is 32.8 Å². The van der Waals surface area contributed by atoms with Gasteiger partial charge < -0.3 is 23.8 Å². The predicted octanol–water partition coefficient (Wildman–Crippen LogP) is 11.2. The molecule has 9 aromatic carbocycles. The highest BCUT2D eigenvalue weighted by atomic mass is 32.1. The van der Waals surface area contributed by atoms with Gasteiger partial charge in [-0.15, -0.1) is 11.3 Å². The summed E-state index contributed by atoms with van der Waals surface area (Å²) in [5.74, 6) is 3.24. The molecule has 0 radical (unpaired) electrons. The number of benzene rings is 9. The fourth-order valence-corrected chi connectivity index (χ4v) is 13.1. The monoisotopic (exact) mass is 896 g/mol. The zero-order valence-electron chi connectivity index (χ0n) is 36.8. The second-order valence-corrected chi connectivity index (χ2v) is 19.3. The van der Waals surface area contributed by atoms with Crippen LogP contribution < -0.4 is 52.1 Å². The maximum Gasteiger partial charge on any atom is 0.258 e. The minimum Gasteiger partial charge on any atom is -0.458 e. The zero-order valence-corrected chi connectivity index (χ0v) is 37.6. The molecule has 3 aromatic heterocycles. The third-order valence-corrected chi connectivity index (χ3v) is 15.9. The smallest absolute Gasteiger partial charge is 0.258 e. The summed E-state index contributed by atoms with van der Waals surface area (Å²) in [6, 6.07) is 75.4. The first-order valence-electron chi connectivity index (χ1n) is 23.4. The van der Waals surface area contributed by atoms with E-state index in [0.29, 0.717) is 0 Å². The lowest BCUT2D eigenvalue weighted by Crippen LogP contribution is -2.63. The van der Waals surface area contributed by atoms with Crippen LogP contribution in [0.15, 0.2) is 206 Å². The van der Waals surface area contributed by atoms with Crippen molar-refractivity contribution < 1.29 is 9.47 Å². The molecule has 0 bridgehead atoms. The summed E-state index contributed by atoms with van der Waals surface area (Å²) in [5.41, 5.74) is 16.8. The van der Waals surface area contributed by atoms with Gasteiger partial charge in [0.2, 0.25) is 0 Å². The SMILES string of the molecule is c1c2ccccc2n(-c2cc3c4c(c2)N(c2ccccc2)c2ccccc2B4c2cc4c(cc2O3)Oc2cc(-n3ccc5ccccc53)cc3c2B4c2c(sc4ccccc24)N3c2ccccc2)c#1. The number of aromatic nitrogens is 2. The van der Waals surface area contributed by atoms with Crippen molar-refractivity contribution in [3.05, 3.63) is 219 Å². The van der Waals surface area contributed by atoms with Gasteiger partial charge in [-0.05, 0) is 122 Å². The lowest BCUT2D eigenvalue weighted by molar-refractivity contribution is 0.465. The van der Waals surface area contributed by atoms with Crippen LogP contribution in [0.2, 0.25) is 0 Å². The van der Waals surface area contributed by atoms with E-state index in [0.717, 1.165) is 101 Å². The van der Waals surface area contributed by atoms with E-state index in [-0.39, 0.29) is 13.4 Å². The summed E-state index contributed by atoms with van der Waals surface area (Å²) >= 11 is 1.86. The summed E-state index contributed by atoms with van der Waals surface area (Å²) in [7, 11) is 0. The Kier molecular flexibility index (Phi) is 7.49. The third-order valence-electron chi connectivity index (χ3n) is 14.7. The normalized spacial score (nSPS) is 13.5. The van der Waals surface area contributed by atoms with Crippen molar-refractivity contribution >= 4 is 123 Å². The predicted molar refractivity (Wildman–Crippen MR) is 285 cm³/mol. The standard InChI is InChI=1S/C60H34B2N4O2S/c1-3-17-39(18-4-1)65-49-25-13-10-22-44(49)61-45-35-46-53(36-52(45)67-54-33-41(31-50(65)58(54)61)63-29-27-37-15-7-11-23-47(37)63)68-55-34-42(64-30-28-38-16-8-12-24-48(38)64)32-51-59(55)62(46)57-43-21-9-14-26-56(43)69-60(57)66(51)40-19-5-2-6-20-40/h1-26,28,30-36H. The van der Waals surface area contributed by atoms with Crippen LogP contribution >= 0.6 is 11.3 Å². The molecule has 12 aromatic rings. The summed E-state index contributed by atoms with van der Waals surface area (Å²) in [6.45, 7) is -0.248. The molecule has 7 heterocycles. The lowest BCUT2D eigenvalue weighted by Gasteiger charge is -2.42. The highest BCUT2D eigenvalue weighted by Crippen LogP contribution is 2.48. The van der Waals surface area contributed by atoms with E-state index in [9.17, 15) is 0 Å². The van der Waals surface area contributed by atoms with Gasteiger partial charge in [0.15, 0.2) is 0 Å². The van der Waals surface area contributed by atoms with Gasteiger partial charge in [-0.3, -0.25) is 4.57 Å². The number of nitrogens with zero attached hydrogens (tertiary/aromatic N) is 4. The molecule has 9 heteroatoms. The number of hydrogen-bond donors (Lipinski definition) is 0. The van der Waals surface area contributed by atoms with E-state index in [2.05, 4.69) is 232 Å². The summed E-state index contributed by atoms with van der Waals surface area (Å²) in [6.07, 6.45) is 5.60. The molecular weight excluding hydrogens is 862 g/mol. The maximum absolute atomic E-state index is 7.36. The highest BCUT2D eigenvalue weighted by molar-refractivity contribution is 7.26. The number of thiophene rings is 1. The minimum absolute atomic E-state index is 0.123. The van der Waals surface area contributed by atoms with Crippen molar-refractivity contribution in [2.75, 3.05) is 9.80 Å². The van der Waals surface area contributed by atoms with Gasteiger partial charge in [-0.2, -0.15) is 0 Å². The first kappa shape index (κ1) is 37.3. The van der Waals surface area contributed by atoms with Crippen LogP contribution in [0.3, 0.4) is 0 Å². The molecule has 0 aliphatic carbocycles. The van der Waals surface area contributed by atoms with Crippen molar-refractivity contribution in [2.45, 2.75) is 0 Å². The fraction of sp³-hybridized carbons (Fsp3) is 0. The molecule has 0 unspecified atom stereocenters. The Balaban J connectivity index is 0.961. The summed E-state index contributed by atoms with van der Waals surface area (Å²) in [4.78, 5) is 4.87. The number of ether oxygens (including phenoxy) is 2. The van der Waals surface area contributed by atoms with E-state index in [1.165, 1.54) is 31.4 Å². The van der Waals surface area contributed by atoms with E-state index in [1.807, 2.05) is 17.4 Å². The molecule has 0 atom stereocenters. The topological polar surface area (TPSA) is 34.8 Å². The molecule has 0 spiro atoms. The Morgan fingerprint density at radius 1 is 0.435 bits per heavy atom. The van der Waals surface area contributed by atoms with Crippen LogP contribution in [-0.4, -0.2) is 22.6 Å². The van der Waals surface area contributed by atoms with E-state index in [1.54, 1.807) is 0 Å². The quantitative estimate of drug-likeness (QED) is 0.165. The maximum atomic E-state index is 7.36. The van der Waals surface area contributed by atoms with Crippen molar-refractivity contribution in [1.29, 1.82) is 0 Å². The molecule has 0 amide bonds. The van der Waals surface area contributed by atoms with Crippen molar-refractivity contribution in [2.24, 2.45) is 0 Å². The molecule has 69 heavy (non-hydrogen) atoms. The van der Waals surface area contributed by atoms with Crippen LogP contribution in [0.4, 0.5) is 33.4 Å². The van der Waals surface area contributed by atoms with Gasteiger partial charge in [0, 0.05) is 63.7 Å². The van der Waals surface area contributed by atoms with Gasteiger partial charge in [0.25, 0.3) is 13.4 Å². The van der Waals surface area contributed by atoms with Crippen molar-refractivity contribution in [3.63, 3.8) is 0 Å². The Hall–Kier alpha value is -8.83. The largest absolute Gasteiger partial charge is 0.458 e.